The summed E-state index contributed by atoms with van der Waals surface area (Å²) in [7, 11) is 0. The zero-order valence-corrected chi connectivity index (χ0v) is 18.8. The molecule has 0 spiro atoms. The van der Waals surface area contributed by atoms with Crippen LogP contribution in [0.2, 0.25) is 0 Å². The number of hydrogen-bond acceptors (Lipinski definition) is 6. The standard InChI is InChI=1S/C21H32N2O3S2/c1-15(24)10-11-23-18(25)12-17(19(23)26)28-20(2,3)14-21(4,22)27-13-16-8-6-5-7-9-16/h5-9,15,17,24H,10-14,22H2,1-4H3. The van der Waals surface area contributed by atoms with E-state index in [0.29, 0.717) is 12.8 Å². The number of aliphatic hydroxyl groups is 1. The van der Waals surface area contributed by atoms with Crippen LogP contribution < -0.4 is 5.73 Å². The SMILES string of the molecule is CC(O)CCN1C(=O)CC(SC(C)(C)CC(C)(N)SCc2ccccc2)C1=O. The number of amides is 2. The quantitative estimate of drug-likeness (QED) is 0.442. The molecule has 0 saturated carbocycles. The van der Waals surface area contributed by atoms with E-state index in [1.807, 2.05) is 25.1 Å². The first kappa shape index (κ1) is 23.3. The Morgan fingerprint density at radius 3 is 2.50 bits per heavy atom. The van der Waals surface area contributed by atoms with Gasteiger partial charge in [-0.3, -0.25) is 14.5 Å². The molecule has 1 heterocycles. The number of carbonyl (C=O) groups excluding carboxylic acids is 2. The molecule has 156 valence electrons. The summed E-state index contributed by atoms with van der Waals surface area (Å²) < 4.78 is -0.242. The Balaban J connectivity index is 1.91. The van der Waals surface area contributed by atoms with Crippen molar-refractivity contribution in [3.8, 4) is 0 Å². The molecule has 1 aliphatic heterocycles. The molecule has 7 heteroatoms. The Hall–Kier alpha value is -1.02. The van der Waals surface area contributed by atoms with Gasteiger partial charge in [0.2, 0.25) is 11.8 Å². The number of nitrogens with two attached hydrogens (primary N) is 1. The highest BCUT2D eigenvalue weighted by Gasteiger charge is 2.42. The minimum absolute atomic E-state index is 0.139. The van der Waals surface area contributed by atoms with Gasteiger partial charge in [-0.05, 0) is 32.3 Å². The van der Waals surface area contributed by atoms with Gasteiger partial charge in [0.05, 0.1) is 16.2 Å². The lowest BCUT2D eigenvalue weighted by molar-refractivity contribution is -0.138. The molecule has 28 heavy (non-hydrogen) atoms. The number of nitrogens with zero attached hydrogens (tertiary/aromatic N) is 1. The summed E-state index contributed by atoms with van der Waals surface area (Å²) in [6, 6.07) is 10.2. The Kier molecular flexibility index (Phi) is 8.02. The molecule has 2 amide bonds. The van der Waals surface area contributed by atoms with E-state index in [1.54, 1.807) is 30.4 Å². The zero-order valence-electron chi connectivity index (χ0n) is 17.2. The average Bonchev–Trinajstić information content (AvgIpc) is 2.84. The van der Waals surface area contributed by atoms with E-state index in [2.05, 4.69) is 26.0 Å². The van der Waals surface area contributed by atoms with Crippen molar-refractivity contribution in [1.29, 1.82) is 0 Å². The van der Waals surface area contributed by atoms with E-state index in [0.717, 1.165) is 5.75 Å². The van der Waals surface area contributed by atoms with E-state index in [4.69, 9.17) is 5.73 Å². The van der Waals surface area contributed by atoms with Gasteiger partial charge in [0.25, 0.3) is 0 Å². The molecule has 3 N–H and O–H groups in total. The van der Waals surface area contributed by atoms with Crippen LogP contribution in [0.5, 0.6) is 0 Å². The lowest BCUT2D eigenvalue weighted by atomic mass is 10.0. The third kappa shape index (κ3) is 7.10. The second-order valence-corrected chi connectivity index (χ2v) is 11.8. The zero-order chi connectivity index (χ0) is 20.9. The van der Waals surface area contributed by atoms with Gasteiger partial charge in [0.15, 0.2) is 0 Å². The van der Waals surface area contributed by atoms with Gasteiger partial charge in [0.1, 0.15) is 0 Å². The topological polar surface area (TPSA) is 83.6 Å². The minimum atomic E-state index is -0.525. The fourth-order valence-electron chi connectivity index (χ4n) is 3.44. The number of aliphatic hydroxyl groups excluding tert-OH is 1. The van der Waals surface area contributed by atoms with Crippen molar-refractivity contribution in [2.45, 2.75) is 73.7 Å². The average molecular weight is 425 g/mol. The highest BCUT2D eigenvalue weighted by molar-refractivity contribution is 8.02. The van der Waals surface area contributed by atoms with Crippen LogP contribution in [0.15, 0.2) is 30.3 Å². The molecule has 3 atom stereocenters. The van der Waals surface area contributed by atoms with Crippen LogP contribution in [0.1, 0.15) is 52.5 Å². The maximum absolute atomic E-state index is 12.6. The molecule has 0 aliphatic carbocycles. The molecule has 5 nitrogen and oxygen atoms in total. The first-order valence-electron chi connectivity index (χ1n) is 9.66. The summed E-state index contributed by atoms with van der Waals surface area (Å²) in [6.45, 7) is 8.15. The molecular weight excluding hydrogens is 392 g/mol. The number of hydrogen-bond donors (Lipinski definition) is 2. The lowest BCUT2D eigenvalue weighted by Crippen LogP contribution is -2.40. The first-order valence-corrected chi connectivity index (χ1v) is 11.5. The third-order valence-corrected chi connectivity index (χ3v) is 7.34. The maximum atomic E-state index is 12.6. The summed E-state index contributed by atoms with van der Waals surface area (Å²) in [5.74, 6) is 0.551. The van der Waals surface area contributed by atoms with Gasteiger partial charge >= 0.3 is 0 Å². The van der Waals surface area contributed by atoms with Crippen LogP contribution in [0.25, 0.3) is 0 Å². The summed E-state index contributed by atoms with van der Waals surface area (Å²) >= 11 is 3.24. The van der Waals surface area contributed by atoms with Crippen LogP contribution in [0.4, 0.5) is 0 Å². The van der Waals surface area contributed by atoms with Crippen molar-refractivity contribution in [2.75, 3.05) is 6.54 Å². The molecule has 0 aromatic heterocycles. The maximum Gasteiger partial charge on any atom is 0.242 e. The second kappa shape index (κ2) is 9.65. The van der Waals surface area contributed by atoms with Gasteiger partial charge in [-0.1, -0.05) is 44.2 Å². The van der Waals surface area contributed by atoms with Gasteiger partial charge in [-0.2, -0.15) is 0 Å². The largest absolute Gasteiger partial charge is 0.393 e. The Bertz CT molecular complexity index is 677. The molecule has 0 bridgehead atoms. The highest BCUT2D eigenvalue weighted by Crippen LogP contribution is 2.42. The van der Waals surface area contributed by atoms with Crippen LogP contribution in [0.3, 0.4) is 0 Å². The molecule has 1 saturated heterocycles. The van der Waals surface area contributed by atoms with E-state index in [1.165, 1.54) is 10.5 Å². The lowest BCUT2D eigenvalue weighted by Gasteiger charge is -2.35. The molecule has 3 unspecified atom stereocenters. The first-order chi connectivity index (χ1) is 13.0. The van der Waals surface area contributed by atoms with Gasteiger partial charge in [0, 0.05) is 23.5 Å². The normalized spacial score (nSPS) is 21.1. The predicted octanol–water partition coefficient (Wildman–Crippen LogP) is 3.40. The van der Waals surface area contributed by atoms with E-state index >= 15 is 0 Å². The molecule has 2 rings (SSSR count). The van der Waals surface area contributed by atoms with Crippen molar-refractivity contribution < 1.29 is 14.7 Å². The second-order valence-electron chi connectivity index (χ2n) is 8.36. The summed E-state index contributed by atoms with van der Waals surface area (Å²) in [5.41, 5.74) is 7.79. The number of benzene rings is 1. The monoisotopic (exact) mass is 424 g/mol. The fraction of sp³-hybridized carbons (Fsp3) is 0.619. The predicted molar refractivity (Wildman–Crippen MR) is 118 cm³/mol. The van der Waals surface area contributed by atoms with Crippen molar-refractivity contribution in [1.82, 2.24) is 4.90 Å². The van der Waals surface area contributed by atoms with Crippen molar-refractivity contribution in [3.63, 3.8) is 0 Å². The van der Waals surface area contributed by atoms with Crippen LogP contribution in [0, 0.1) is 0 Å². The fourth-order valence-corrected chi connectivity index (χ4v) is 6.29. The summed E-state index contributed by atoms with van der Waals surface area (Å²) in [6.07, 6.45) is 0.831. The Labute approximate surface area is 176 Å². The molecular formula is C21H32N2O3S2. The number of rotatable bonds is 10. The van der Waals surface area contributed by atoms with Gasteiger partial charge < -0.3 is 10.8 Å². The van der Waals surface area contributed by atoms with Crippen LogP contribution in [-0.2, 0) is 15.3 Å². The van der Waals surface area contributed by atoms with Gasteiger partial charge in [-0.15, -0.1) is 23.5 Å². The van der Waals surface area contributed by atoms with Gasteiger partial charge in [-0.25, -0.2) is 0 Å². The van der Waals surface area contributed by atoms with Crippen molar-refractivity contribution >= 4 is 35.3 Å². The highest BCUT2D eigenvalue weighted by atomic mass is 32.2. The summed E-state index contributed by atoms with van der Waals surface area (Å²) in [4.78, 5) is 25.7. The minimum Gasteiger partial charge on any atom is -0.393 e. The molecule has 1 aliphatic rings. The molecule has 1 aromatic carbocycles. The molecule has 1 fully saturated rings. The van der Waals surface area contributed by atoms with E-state index in [9.17, 15) is 14.7 Å². The molecule has 1 aromatic rings. The number of imide groups is 1. The van der Waals surface area contributed by atoms with Crippen molar-refractivity contribution in [3.05, 3.63) is 35.9 Å². The molecule has 0 radical (unpaired) electrons. The van der Waals surface area contributed by atoms with Crippen molar-refractivity contribution in [2.24, 2.45) is 5.73 Å². The number of likely N-dealkylation sites (tertiary alicyclic amines) is 1. The third-order valence-electron chi connectivity index (χ3n) is 4.62. The van der Waals surface area contributed by atoms with E-state index in [-0.39, 0.29) is 34.8 Å². The van der Waals surface area contributed by atoms with Crippen LogP contribution in [-0.4, -0.2) is 49.3 Å². The summed E-state index contributed by atoms with van der Waals surface area (Å²) in [5, 5.41) is 9.06. The number of thioether (sulfide) groups is 2. The van der Waals surface area contributed by atoms with E-state index < -0.39 is 11.0 Å². The Morgan fingerprint density at radius 2 is 1.89 bits per heavy atom. The Morgan fingerprint density at radius 1 is 1.25 bits per heavy atom. The number of carbonyl (C=O) groups is 2. The van der Waals surface area contributed by atoms with Crippen LogP contribution >= 0.6 is 23.5 Å². The smallest absolute Gasteiger partial charge is 0.242 e.